The van der Waals surface area contributed by atoms with Gasteiger partial charge < -0.3 is 10.4 Å². The third-order valence-corrected chi connectivity index (χ3v) is 3.58. The molecule has 3 nitrogen and oxygen atoms in total. The minimum atomic E-state index is 0.810. The first-order valence-electron chi connectivity index (χ1n) is 4.37. The van der Waals surface area contributed by atoms with E-state index in [1.165, 1.54) is 11.3 Å². The molecule has 1 heterocycles. The van der Waals surface area contributed by atoms with Crippen molar-refractivity contribution in [2.24, 2.45) is 18.0 Å². The predicted molar refractivity (Wildman–Crippen MR) is 66.2 cm³/mol. The molecule has 0 unspecified atom stereocenters. The summed E-state index contributed by atoms with van der Waals surface area (Å²) in [5, 5.41) is 5.76. The van der Waals surface area contributed by atoms with Crippen LogP contribution in [0.1, 0.15) is 0 Å². The molecule has 1 aromatic carbocycles. The number of thiazole rings is 1. The quantitative estimate of drug-likeness (QED) is 0.633. The summed E-state index contributed by atoms with van der Waals surface area (Å²) >= 11 is 4.99. The summed E-state index contributed by atoms with van der Waals surface area (Å²) in [4.78, 5) is 0.810. The molecule has 0 spiro atoms. The monoisotopic (exact) mass is 283 g/mol. The Morgan fingerprint density at radius 3 is 2.87 bits per heavy atom. The van der Waals surface area contributed by atoms with E-state index >= 15 is 0 Å². The molecule has 2 aromatic rings. The molecule has 0 fully saturated rings. The summed E-state index contributed by atoms with van der Waals surface area (Å²) in [5.74, 6) is 5.28. The van der Waals surface area contributed by atoms with Crippen molar-refractivity contribution < 1.29 is 0 Å². The van der Waals surface area contributed by atoms with Crippen LogP contribution in [0.15, 0.2) is 39.2 Å². The second kappa shape index (κ2) is 4.20. The Hall–Kier alpha value is -1.07. The van der Waals surface area contributed by atoms with Crippen LogP contribution in [-0.2, 0) is 7.05 Å². The molecule has 0 bridgehead atoms. The molecule has 0 amide bonds. The molecule has 0 aliphatic carbocycles. The molecule has 0 saturated heterocycles. The third-order valence-electron chi connectivity index (χ3n) is 2.16. The van der Waals surface area contributed by atoms with Gasteiger partial charge in [0.15, 0.2) is 0 Å². The zero-order valence-corrected chi connectivity index (χ0v) is 10.5. The van der Waals surface area contributed by atoms with Gasteiger partial charge in [0.2, 0.25) is 4.80 Å². The molecule has 78 valence electrons. The number of rotatable bonds is 1. The van der Waals surface area contributed by atoms with E-state index in [2.05, 4.69) is 33.2 Å². The van der Waals surface area contributed by atoms with Crippen molar-refractivity contribution >= 4 is 27.3 Å². The maximum Gasteiger partial charge on any atom is 0.207 e. The lowest BCUT2D eigenvalue weighted by Gasteiger charge is -2.02. The largest absolute Gasteiger partial charge is 0.320 e. The highest BCUT2D eigenvalue weighted by Gasteiger charge is 2.04. The van der Waals surface area contributed by atoms with Crippen molar-refractivity contribution in [3.8, 4) is 11.3 Å². The minimum Gasteiger partial charge on any atom is -0.320 e. The van der Waals surface area contributed by atoms with Gasteiger partial charge in [0.25, 0.3) is 0 Å². The lowest BCUT2D eigenvalue weighted by atomic mass is 10.2. The molecule has 2 N–H and O–H groups in total. The van der Waals surface area contributed by atoms with Crippen molar-refractivity contribution in [3.05, 3.63) is 38.9 Å². The summed E-state index contributed by atoms with van der Waals surface area (Å²) in [6.45, 7) is 0. The van der Waals surface area contributed by atoms with Gasteiger partial charge >= 0.3 is 0 Å². The lowest BCUT2D eigenvalue weighted by Crippen LogP contribution is -2.13. The Balaban J connectivity index is 2.60. The van der Waals surface area contributed by atoms with Crippen molar-refractivity contribution in [3.63, 3.8) is 0 Å². The Kier molecular flexibility index (Phi) is 2.93. The molecule has 0 aliphatic rings. The molecular weight excluding hydrogens is 274 g/mol. The van der Waals surface area contributed by atoms with Crippen LogP contribution in [0.3, 0.4) is 0 Å². The number of hydrogen-bond acceptors (Lipinski definition) is 3. The van der Waals surface area contributed by atoms with E-state index in [4.69, 9.17) is 5.84 Å². The Bertz CT molecular complexity index is 542. The van der Waals surface area contributed by atoms with Crippen LogP contribution < -0.4 is 10.6 Å². The normalized spacial score (nSPS) is 12.0. The maximum absolute atomic E-state index is 5.28. The average molecular weight is 284 g/mol. The van der Waals surface area contributed by atoms with Gasteiger partial charge in [-0.3, -0.25) is 0 Å². The fourth-order valence-corrected chi connectivity index (χ4v) is 2.62. The molecule has 0 aliphatic heterocycles. The highest BCUT2D eigenvalue weighted by Crippen LogP contribution is 2.22. The van der Waals surface area contributed by atoms with Crippen molar-refractivity contribution in [1.82, 2.24) is 4.57 Å². The Morgan fingerprint density at radius 2 is 2.27 bits per heavy atom. The number of aromatic nitrogens is 1. The van der Waals surface area contributed by atoms with Crippen molar-refractivity contribution in [1.29, 1.82) is 0 Å². The number of hydrogen-bond donors (Lipinski definition) is 1. The van der Waals surface area contributed by atoms with E-state index in [0.29, 0.717) is 0 Å². The molecule has 0 saturated carbocycles. The fourth-order valence-electron chi connectivity index (χ4n) is 1.40. The summed E-state index contributed by atoms with van der Waals surface area (Å²) < 4.78 is 3.05. The Morgan fingerprint density at radius 1 is 1.47 bits per heavy atom. The predicted octanol–water partition coefficient (Wildman–Crippen LogP) is 2.29. The van der Waals surface area contributed by atoms with Gasteiger partial charge in [0, 0.05) is 22.5 Å². The van der Waals surface area contributed by atoms with Gasteiger partial charge in [0.1, 0.15) is 0 Å². The van der Waals surface area contributed by atoms with E-state index in [9.17, 15) is 0 Å². The zero-order chi connectivity index (χ0) is 10.8. The molecule has 0 radical (unpaired) electrons. The molecule has 0 atom stereocenters. The highest BCUT2D eigenvalue weighted by atomic mass is 79.9. The van der Waals surface area contributed by atoms with Gasteiger partial charge in [-0.25, -0.2) is 0 Å². The van der Waals surface area contributed by atoms with Gasteiger partial charge in [-0.15, -0.1) is 11.3 Å². The first kappa shape index (κ1) is 10.4. The first-order valence-corrected chi connectivity index (χ1v) is 6.04. The summed E-state index contributed by atoms with van der Waals surface area (Å²) in [6, 6.07) is 8.15. The molecule has 15 heavy (non-hydrogen) atoms. The second-order valence-electron chi connectivity index (χ2n) is 3.10. The number of benzene rings is 1. The van der Waals surface area contributed by atoms with Gasteiger partial charge in [0.05, 0.1) is 5.69 Å². The maximum atomic E-state index is 5.28. The van der Waals surface area contributed by atoms with Gasteiger partial charge in [-0.1, -0.05) is 28.1 Å². The number of nitrogens with two attached hydrogens (primary N) is 1. The van der Waals surface area contributed by atoms with E-state index in [1.54, 1.807) is 0 Å². The second-order valence-corrected chi connectivity index (χ2v) is 4.85. The first-order chi connectivity index (χ1) is 7.22. The van der Waals surface area contributed by atoms with E-state index in [1.807, 2.05) is 29.1 Å². The standard InChI is InChI=1S/C10H10BrN3S/c1-14-9(6-15-10(14)13-12)7-3-2-4-8(11)5-7/h2-6H,12H2,1H3. The molecule has 5 heteroatoms. The third kappa shape index (κ3) is 1.98. The lowest BCUT2D eigenvalue weighted by molar-refractivity contribution is 0.862. The number of nitrogens with zero attached hydrogens (tertiary/aromatic N) is 2. The molecule has 2 rings (SSSR count). The summed E-state index contributed by atoms with van der Waals surface area (Å²) in [6.07, 6.45) is 0. The SMILES string of the molecule is Cn1c(-c2cccc(Br)c2)csc1=NN. The fraction of sp³-hybridized carbons (Fsp3) is 0.100. The summed E-state index contributed by atoms with van der Waals surface area (Å²) in [5.41, 5.74) is 2.27. The van der Waals surface area contributed by atoms with E-state index in [-0.39, 0.29) is 0 Å². The molecular formula is C10H10BrN3S. The minimum absolute atomic E-state index is 0.810. The van der Waals surface area contributed by atoms with Crippen LogP contribution >= 0.6 is 27.3 Å². The highest BCUT2D eigenvalue weighted by molar-refractivity contribution is 9.10. The molecule has 1 aromatic heterocycles. The number of halogens is 1. The van der Waals surface area contributed by atoms with Crippen LogP contribution in [0.25, 0.3) is 11.3 Å². The van der Waals surface area contributed by atoms with Crippen LogP contribution in [0.5, 0.6) is 0 Å². The van der Waals surface area contributed by atoms with Crippen molar-refractivity contribution in [2.45, 2.75) is 0 Å². The van der Waals surface area contributed by atoms with Crippen molar-refractivity contribution in [2.75, 3.05) is 0 Å². The van der Waals surface area contributed by atoms with Gasteiger partial charge in [-0.2, -0.15) is 5.10 Å². The van der Waals surface area contributed by atoms with Crippen LogP contribution in [0.4, 0.5) is 0 Å². The average Bonchev–Trinajstić information content (AvgIpc) is 2.59. The van der Waals surface area contributed by atoms with E-state index in [0.717, 1.165) is 20.5 Å². The van der Waals surface area contributed by atoms with Crippen LogP contribution in [0, 0.1) is 0 Å². The summed E-state index contributed by atoms with van der Waals surface area (Å²) in [7, 11) is 1.96. The topological polar surface area (TPSA) is 43.3 Å². The Labute approximate surface area is 100.0 Å². The smallest absolute Gasteiger partial charge is 0.207 e. The van der Waals surface area contributed by atoms with Crippen LogP contribution in [-0.4, -0.2) is 4.57 Å². The van der Waals surface area contributed by atoms with Gasteiger partial charge in [-0.05, 0) is 12.1 Å². The van der Waals surface area contributed by atoms with E-state index < -0.39 is 0 Å². The zero-order valence-electron chi connectivity index (χ0n) is 8.14. The van der Waals surface area contributed by atoms with Crippen LogP contribution in [0.2, 0.25) is 0 Å².